The van der Waals surface area contributed by atoms with Crippen LogP contribution in [0.25, 0.3) is 0 Å². The third-order valence-electron chi connectivity index (χ3n) is 1.51. The topological polar surface area (TPSA) is 24.1 Å². The maximum Gasteiger partial charge on any atom is 0.00996 e. The van der Waals surface area contributed by atoms with Gasteiger partial charge in [-0.05, 0) is 19.4 Å². The molecule has 62 valence electrons. The first kappa shape index (κ1) is 9.92. The van der Waals surface area contributed by atoms with Crippen molar-refractivity contribution in [3.05, 3.63) is 0 Å². The number of hydrazine groups is 1. The van der Waals surface area contributed by atoms with Crippen LogP contribution in [0.2, 0.25) is 0 Å². The van der Waals surface area contributed by atoms with E-state index in [1.165, 1.54) is 19.3 Å². The molecule has 0 rings (SSSR count). The van der Waals surface area contributed by atoms with Crippen molar-refractivity contribution >= 4 is 0 Å². The fourth-order valence-corrected chi connectivity index (χ4v) is 0.891. The number of rotatable bonds is 6. The average Bonchev–Trinajstić information content (AvgIpc) is 1.87. The highest BCUT2D eigenvalue weighted by Crippen LogP contribution is 2.04. The molecule has 0 aliphatic rings. The molecular formula is C8H20N2. The van der Waals surface area contributed by atoms with E-state index in [4.69, 9.17) is 0 Å². The normalized spacial score (nSPS) is 10.8. The second-order valence-corrected chi connectivity index (χ2v) is 3.07. The predicted octanol–water partition coefficient (Wildman–Crippen LogP) is 1.54. The summed E-state index contributed by atoms with van der Waals surface area (Å²) in [7, 11) is 1.91. The molecule has 10 heavy (non-hydrogen) atoms. The van der Waals surface area contributed by atoms with Crippen LogP contribution in [0.15, 0.2) is 0 Å². The second kappa shape index (κ2) is 7.03. The molecule has 0 aliphatic heterocycles. The van der Waals surface area contributed by atoms with Crippen molar-refractivity contribution in [2.45, 2.75) is 33.1 Å². The number of hydrogen-bond acceptors (Lipinski definition) is 2. The van der Waals surface area contributed by atoms with Crippen LogP contribution in [0.1, 0.15) is 33.1 Å². The van der Waals surface area contributed by atoms with Crippen molar-refractivity contribution < 1.29 is 0 Å². The third-order valence-corrected chi connectivity index (χ3v) is 1.51. The van der Waals surface area contributed by atoms with Crippen molar-refractivity contribution in [2.24, 2.45) is 5.92 Å². The van der Waals surface area contributed by atoms with Gasteiger partial charge in [-0.15, -0.1) is 0 Å². The van der Waals surface area contributed by atoms with Crippen molar-refractivity contribution in [3.8, 4) is 0 Å². The summed E-state index contributed by atoms with van der Waals surface area (Å²) in [5, 5.41) is 0. The van der Waals surface area contributed by atoms with Crippen LogP contribution >= 0.6 is 0 Å². The van der Waals surface area contributed by atoms with E-state index in [2.05, 4.69) is 24.7 Å². The minimum absolute atomic E-state index is 0.856. The van der Waals surface area contributed by atoms with E-state index < -0.39 is 0 Å². The molecule has 0 amide bonds. The summed E-state index contributed by atoms with van der Waals surface area (Å²) in [6, 6.07) is 0. The molecule has 2 N–H and O–H groups in total. The van der Waals surface area contributed by atoms with Gasteiger partial charge in [0, 0.05) is 6.54 Å². The lowest BCUT2D eigenvalue weighted by Gasteiger charge is -2.04. The molecular weight excluding hydrogens is 124 g/mol. The second-order valence-electron chi connectivity index (χ2n) is 3.07. The Hall–Kier alpha value is -0.0800. The Bertz CT molecular complexity index is 62.3. The standard InChI is InChI=1S/C8H20N2/c1-8(2)6-4-5-7-10-9-3/h8-10H,4-7H2,1-3H3. The van der Waals surface area contributed by atoms with Gasteiger partial charge in [0.25, 0.3) is 0 Å². The molecule has 0 unspecified atom stereocenters. The van der Waals surface area contributed by atoms with Crippen LogP contribution in [0.5, 0.6) is 0 Å². The van der Waals surface area contributed by atoms with Gasteiger partial charge in [-0.2, -0.15) is 0 Å². The van der Waals surface area contributed by atoms with Crippen molar-refractivity contribution in [1.29, 1.82) is 0 Å². The van der Waals surface area contributed by atoms with Crippen LogP contribution in [-0.2, 0) is 0 Å². The largest absolute Gasteiger partial charge is 0.261 e. The fourth-order valence-electron chi connectivity index (χ4n) is 0.891. The zero-order valence-corrected chi connectivity index (χ0v) is 7.41. The molecule has 0 atom stereocenters. The summed E-state index contributed by atoms with van der Waals surface area (Å²) < 4.78 is 0. The van der Waals surface area contributed by atoms with E-state index in [0.29, 0.717) is 0 Å². The fraction of sp³-hybridized carbons (Fsp3) is 1.00. The molecule has 0 aliphatic carbocycles. The van der Waals surface area contributed by atoms with E-state index in [1.54, 1.807) is 0 Å². The first-order valence-corrected chi connectivity index (χ1v) is 4.17. The highest BCUT2D eigenvalue weighted by atomic mass is 15.3. The average molecular weight is 144 g/mol. The van der Waals surface area contributed by atoms with Crippen LogP contribution in [0.3, 0.4) is 0 Å². The molecule has 0 fully saturated rings. The van der Waals surface area contributed by atoms with Crippen molar-refractivity contribution in [2.75, 3.05) is 13.6 Å². The quantitative estimate of drug-likeness (QED) is 0.436. The first-order chi connectivity index (χ1) is 4.77. The highest BCUT2D eigenvalue weighted by Gasteiger charge is 1.92. The molecule has 0 saturated carbocycles. The van der Waals surface area contributed by atoms with Gasteiger partial charge >= 0.3 is 0 Å². The van der Waals surface area contributed by atoms with Gasteiger partial charge in [0.15, 0.2) is 0 Å². The maximum absolute atomic E-state index is 3.07. The number of nitrogens with one attached hydrogen (secondary N) is 2. The van der Waals surface area contributed by atoms with Gasteiger partial charge in [-0.1, -0.05) is 26.7 Å². The van der Waals surface area contributed by atoms with E-state index >= 15 is 0 Å². The predicted molar refractivity (Wildman–Crippen MR) is 45.8 cm³/mol. The Morgan fingerprint density at radius 3 is 2.40 bits per heavy atom. The van der Waals surface area contributed by atoms with Gasteiger partial charge in [0.2, 0.25) is 0 Å². The summed E-state index contributed by atoms with van der Waals surface area (Å²) in [5.41, 5.74) is 5.98. The molecule has 0 saturated heterocycles. The highest BCUT2D eigenvalue weighted by molar-refractivity contribution is 4.47. The van der Waals surface area contributed by atoms with Gasteiger partial charge in [-0.3, -0.25) is 10.9 Å². The van der Waals surface area contributed by atoms with Gasteiger partial charge < -0.3 is 0 Å². The summed E-state index contributed by atoms with van der Waals surface area (Å²) in [6.45, 7) is 5.63. The minimum atomic E-state index is 0.856. The minimum Gasteiger partial charge on any atom is -0.261 e. The summed E-state index contributed by atoms with van der Waals surface area (Å²) in [5.74, 6) is 0.856. The molecule has 0 aromatic carbocycles. The Labute approximate surface area is 64.4 Å². The lowest BCUT2D eigenvalue weighted by Crippen LogP contribution is -2.28. The summed E-state index contributed by atoms with van der Waals surface area (Å²) in [6.07, 6.45) is 3.97. The molecule has 2 nitrogen and oxygen atoms in total. The third kappa shape index (κ3) is 7.92. The van der Waals surface area contributed by atoms with Gasteiger partial charge in [0.05, 0.1) is 0 Å². The zero-order chi connectivity index (χ0) is 7.82. The molecule has 0 aromatic rings. The van der Waals surface area contributed by atoms with E-state index in [0.717, 1.165) is 12.5 Å². The SMILES string of the molecule is CNNCCCCC(C)C. The maximum atomic E-state index is 3.07. The molecule has 2 heteroatoms. The van der Waals surface area contributed by atoms with Crippen molar-refractivity contribution in [1.82, 2.24) is 10.9 Å². The van der Waals surface area contributed by atoms with Crippen LogP contribution in [0.4, 0.5) is 0 Å². The Balaban J connectivity index is 2.77. The molecule has 0 heterocycles. The Morgan fingerprint density at radius 1 is 1.20 bits per heavy atom. The Morgan fingerprint density at radius 2 is 1.90 bits per heavy atom. The summed E-state index contributed by atoms with van der Waals surface area (Å²) in [4.78, 5) is 0. The molecule has 0 bridgehead atoms. The Kier molecular flexibility index (Phi) is 6.98. The number of unbranched alkanes of at least 4 members (excludes halogenated alkanes) is 1. The van der Waals surface area contributed by atoms with Gasteiger partial charge in [0.1, 0.15) is 0 Å². The van der Waals surface area contributed by atoms with Crippen molar-refractivity contribution in [3.63, 3.8) is 0 Å². The van der Waals surface area contributed by atoms with E-state index in [-0.39, 0.29) is 0 Å². The zero-order valence-electron chi connectivity index (χ0n) is 7.41. The van der Waals surface area contributed by atoms with E-state index in [1.807, 2.05) is 7.05 Å². The summed E-state index contributed by atoms with van der Waals surface area (Å²) >= 11 is 0. The lowest BCUT2D eigenvalue weighted by molar-refractivity contribution is 0.502. The smallest absolute Gasteiger partial charge is 0.00996 e. The lowest BCUT2D eigenvalue weighted by atomic mass is 10.1. The molecule has 0 radical (unpaired) electrons. The monoisotopic (exact) mass is 144 g/mol. The molecule has 0 aromatic heterocycles. The molecule has 0 spiro atoms. The van der Waals surface area contributed by atoms with Gasteiger partial charge in [-0.25, -0.2) is 0 Å². The first-order valence-electron chi connectivity index (χ1n) is 4.17. The number of hydrogen-bond donors (Lipinski definition) is 2. The van der Waals surface area contributed by atoms with Crippen LogP contribution in [0, 0.1) is 5.92 Å². The van der Waals surface area contributed by atoms with Crippen LogP contribution in [-0.4, -0.2) is 13.6 Å². The van der Waals surface area contributed by atoms with E-state index in [9.17, 15) is 0 Å². The van der Waals surface area contributed by atoms with Crippen LogP contribution < -0.4 is 10.9 Å².